The molecule has 3 heterocycles. The summed E-state index contributed by atoms with van der Waals surface area (Å²) in [7, 11) is 0. The largest absolute Gasteiger partial charge is 0.416 e. The standard InChI is InChI=1S/C28H30F3N5O2S/c1-16-13-35(14-17(2)33-16)26-34-25(37)24(39-26)10-18-5-8-23-20(9-18)12-32-36(23)15-19-6-7-21(27(3,4)38)11-22(19)28(29,30)31/h5-12,16-17,33,38H,13-15H2,1-4H3/b24-10+/t16-,17+. The van der Waals surface area contributed by atoms with Crippen LogP contribution in [-0.2, 0) is 23.1 Å². The molecule has 2 aliphatic heterocycles. The Morgan fingerprint density at radius 3 is 2.51 bits per heavy atom. The zero-order valence-corrected chi connectivity index (χ0v) is 22.9. The number of aromatic nitrogens is 2. The minimum Gasteiger partial charge on any atom is -0.386 e. The van der Waals surface area contributed by atoms with Crippen LogP contribution in [-0.4, -0.2) is 56.0 Å². The van der Waals surface area contributed by atoms with E-state index in [9.17, 15) is 23.1 Å². The van der Waals surface area contributed by atoms with E-state index in [0.717, 1.165) is 30.1 Å². The van der Waals surface area contributed by atoms with Crippen LogP contribution in [0, 0.1) is 0 Å². The van der Waals surface area contributed by atoms with Crippen LogP contribution in [0.1, 0.15) is 49.9 Å². The molecule has 206 valence electrons. The third-order valence-corrected chi connectivity index (χ3v) is 7.89. The summed E-state index contributed by atoms with van der Waals surface area (Å²) in [6.45, 7) is 8.57. The molecule has 3 aromatic rings. The molecule has 1 amide bonds. The van der Waals surface area contributed by atoms with Crippen LogP contribution in [0.4, 0.5) is 13.2 Å². The van der Waals surface area contributed by atoms with Crippen LogP contribution in [0.15, 0.2) is 52.5 Å². The molecular formula is C28H30F3N5O2S. The molecular weight excluding hydrogens is 527 g/mol. The highest BCUT2D eigenvalue weighted by Crippen LogP contribution is 2.36. The number of rotatable bonds is 4. The van der Waals surface area contributed by atoms with Crippen molar-refractivity contribution in [3.63, 3.8) is 0 Å². The summed E-state index contributed by atoms with van der Waals surface area (Å²) in [6, 6.07) is 9.96. The lowest BCUT2D eigenvalue weighted by Gasteiger charge is -2.36. The molecule has 0 radical (unpaired) electrons. The number of aliphatic hydroxyl groups is 1. The van der Waals surface area contributed by atoms with E-state index in [1.54, 1.807) is 18.3 Å². The molecule has 2 aliphatic rings. The topological polar surface area (TPSA) is 82.8 Å². The number of thioether (sulfide) groups is 1. The van der Waals surface area contributed by atoms with Crippen LogP contribution in [0.3, 0.4) is 0 Å². The molecule has 2 atom stereocenters. The van der Waals surface area contributed by atoms with Crippen molar-refractivity contribution < 1.29 is 23.1 Å². The van der Waals surface area contributed by atoms with Crippen molar-refractivity contribution in [3.8, 4) is 0 Å². The van der Waals surface area contributed by atoms with E-state index in [0.29, 0.717) is 27.7 Å². The Hall–Kier alpha value is -3.15. The normalized spacial score (nSPS) is 21.7. The Morgan fingerprint density at radius 1 is 1.13 bits per heavy atom. The maximum Gasteiger partial charge on any atom is 0.416 e. The fourth-order valence-corrected chi connectivity index (χ4v) is 5.94. The smallest absolute Gasteiger partial charge is 0.386 e. The predicted molar refractivity (Wildman–Crippen MR) is 147 cm³/mol. The van der Waals surface area contributed by atoms with Gasteiger partial charge in [0.25, 0.3) is 5.91 Å². The Labute approximate surface area is 228 Å². The van der Waals surface area contributed by atoms with Gasteiger partial charge in [-0.15, -0.1) is 0 Å². The quantitative estimate of drug-likeness (QED) is 0.441. The summed E-state index contributed by atoms with van der Waals surface area (Å²) in [5.41, 5.74) is -0.498. The number of nitrogens with zero attached hydrogens (tertiary/aromatic N) is 4. The monoisotopic (exact) mass is 557 g/mol. The minimum absolute atomic E-state index is 0.0564. The molecule has 0 aliphatic carbocycles. The second-order valence-corrected chi connectivity index (χ2v) is 11.7. The third-order valence-electron chi connectivity index (χ3n) is 6.84. The molecule has 39 heavy (non-hydrogen) atoms. The van der Waals surface area contributed by atoms with E-state index in [2.05, 4.69) is 34.2 Å². The first-order chi connectivity index (χ1) is 18.3. The molecule has 0 bridgehead atoms. The predicted octanol–water partition coefficient (Wildman–Crippen LogP) is 4.98. The number of aliphatic imine (C=N–C) groups is 1. The lowest BCUT2D eigenvalue weighted by Crippen LogP contribution is -2.55. The van der Waals surface area contributed by atoms with E-state index < -0.39 is 17.3 Å². The second kappa shape index (κ2) is 10.1. The van der Waals surface area contributed by atoms with Crippen molar-refractivity contribution in [1.82, 2.24) is 20.0 Å². The number of carbonyl (C=O) groups excluding carboxylic acids is 1. The van der Waals surface area contributed by atoms with Crippen LogP contribution < -0.4 is 5.32 Å². The van der Waals surface area contributed by atoms with Gasteiger partial charge < -0.3 is 15.3 Å². The van der Waals surface area contributed by atoms with Crippen molar-refractivity contribution in [2.24, 2.45) is 4.99 Å². The lowest BCUT2D eigenvalue weighted by atomic mass is 9.93. The summed E-state index contributed by atoms with van der Waals surface area (Å²) in [4.78, 5) is 19.5. The van der Waals surface area contributed by atoms with Gasteiger partial charge in [-0.2, -0.15) is 23.3 Å². The SMILES string of the molecule is C[C@@H]1CN(C2=NC(=O)/C(=C\c3ccc4c(cnn4Cc4ccc(C(C)(C)O)cc4C(F)(F)F)c3)S2)C[C@H](C)N1. The number of amidine groups is 1. The van der Waals surface area contributed by atoms with Crippen LogP contribution in [0.2, 0.25) is 0 Å². The molecule has 0 spiro atoms. The van der Waals surface area contributed by atoms with Gasteiger partial charge in [-0.1, -0.05) is 18.2 Å². The summed E-state index contributed by atoms with van der Waals surface area (Å²) in [5.74, 6) is -0.279. The average molecular weight is 558 g/mol. The number of amides is 1. The Kier molecular flexibility index (Phi) is 7.11. The van der Waals surface area contributed by atoms with E-state index in [1.807, 2.05) is 12.1 Å². The van der Waals surface area contributed by atoms with Crippen molar-refractivity contribution in [2.45, 2.75) is 58.1 Å². The highest BCUT2D eigenvalue weighted by molar-refractivity contribution is 8.18. The number of alkyl halides is 3. The highest BCUT2D eigenvalue weighted by Gasteiger charge is 2.35. The second-order valence-electron chi connectivity index (χ2n) is 10.7. The first-order valence-electron chi connectivity index (χ1n) is 12.7. The first-order valence-corrected chi connectivity index (χ1v) is 13.5. The van der Waals surface area contributed by atoms with Crippen molar-refractivity contribution in [3.05, 3.63) is 69.8 Å². The molecule has 0 unspecified atom stereocenters. The summed E-state index contributed by atoms with van der Waals surface area (Å²) in [6.07, 6.45) is -1.19. The fourth-order valence-electron chi connectivity index (χ4n) is 5.01. The van der Waals surface area contributed by atoms with E-state index in [4.69, 9.17) is 0 Å². The number of halogens is 3. The van der Waals surface area contributed by atoms with Gasteiger partial charge in [0.15, 0.2) is 5.17 Å². The number of nitrogens with one attached hydrogen (secondary N) is 1. The molecule has 1 saturated heterocycles. The van der Waals surface area contributed by atoms with Crippen molar-refractivity contribution in [2.75, 3.05) is 13.1 Å². The van der Waals surface area contributed by atoms with Crippen molar-refractivity contribution in [1.29, 1.82) is 0 Å². The molecule has 1 aromatic heterocycles. The fraction of sp³-hybridized carbons (Fsp3) is 0.393. The Morgan fingerprint density at radius 2 is 1.85 bits per heavy atom. The van der Waals surface area contributed by atoms with Crippen LogP contribution >= 0.6 is 11.8 Å². The maximum absolute atomic E-state index is 13.9. The van der Waals surface area contributed by atoms with E-state index in [1.165, 1.54) is 42.4 Å². The van der Waals surface area contributed by atoms with Gasteiger partial charge >= 0.3 is 6.18 Å². The molecule has 1 fully saturated rings. The molecule has 7 nitrogen and oxygen atoms in total. The molecule has 11 heteroatoms. The summed E-state index contributed by atoms with van der Waals surface area (Å²) >= 11 is 1.36. The lowest BCUT2D eigenvalue weighted by molar-refractivity contribution is -0.138. The van der Waals surface area contributed by atoms with Gasteiger partial charge in [0.05, 0.1) is 34.3 Å². The average Bonchev–Trinajstić information content (AvgIpc) is 3.40. The number of hydrogen-bond donors (Lipinski definition) is 2. The Balaban J connectivity index is 1.37. The number of hydrogen-bond acceptors (Lipinski definition) is 6. The van der Waals surface area contributed by atoms with Crippen LogP contribution in [0.5, 0.6) is 0 Å². The van der Waals surface area contributed by atoms with E-state index in [-0.39, 0.29) is 23.6 Å². The van der Waals surface area contributed by atoms with E-state index >= 15 is 0 Å². The molecule has 5 rings (SSSR count). The number of benzene rings is 2. The summed E-state index contributed by atoms with van der Waals surface area (Å²) in [5, 5.41) is 19.4. The van der Waals surface area contributed by atoms with Crippen molar-refractivity contribution >= 4 is 39.8 Å². The van der Waals surface area contributed by atoms with Gasteiger partial charge in [0, 0.05) is 30.6 Å². The van der Waals surface area contributed by atoms with Gasteiger partial charge in [-0.25, -0.2) is 0 Å². The minimum atomic E-state index is -4.58. The first kappa shape index (κ1) is 27.4. The van der Waals surface area contributed by atoms with Gasteiger partial charge in [-0.3, -0.25) is 9.48 Å². The molecule has 2 aromatic carbocycles. The number of fused-ring (bicyclic) bond motifs is 1. The zero-order chi connectivity index (χ0) is 28.1. The summed E-state index contributed by atoms with van der Waals surface area (Å²) < 4.78 is 43.1. The van der Waals surface area contributed by atoms with Crippen LogP contribution in [0.25, 0.3) is 17.0 Å². The molecule has 0 saturated carbocycles. The number of carbonyl (C=O) groups is 1. The Bertz CT molecular complexity index is 1480. The molecule has 2 N–H and O–H groups in total. The third kappa shape index (κ3) is 5.90. The van der Waals surface area contributed by atoms with Gasteiger partial charge in [0.1, 0.15) is 0 Å². The maximum atomic E-state index is 13.9. The van der Waals surface area contributed by atoms with Gasteiger partial charge in [-0.05, 0) is 80.4 Å². The zero-order valence-electron chi connectivity index (χ0n) is 22.1. The van der Waals surface area contributed by atoms with Gasteiger partial charge in [0.2, 0.25) is 0 Å². The number of piperazine rings is 1. The highest BCUT2D eigenvalue weighted by atomic mass is 32.2.